The first-order valence-corrected chi connectivity index (χ1v) is 5.90. The van der Waals surface area contributed by atoms with E-state index < -0.39 is 0 Å². The van der Waals surface area contributed by atoms with Crippen molar-refractivity contribution in [3.63, 3.8) is 0 Å². The third-order valence-corrected chi connectivity index (χ3v) is 3.15. The SMILES string of the molecule is Fc1ccccc1OCc1csc(Br)n1. The maximum Gasteiger partial charge on any atom is 0.165 e. The van der Waals surface area contributed by atoms with Gasteiger partial charge in [-0.15, -0.1) is 11.3 Å². The smallest absolute Gasteiger partial charge is 0.165 e. The van der Waals surface area contributed by atoms with Gasteiger partial charge >= 0.3 is 0 Å². The van der Waals surface area contributed by atoms with Gasteiger partial charge in [-0.1, -0.05) is 12.1 Å². The van der Waals surface area contributed by atoms with E-state index in [4.69, 9.17) is 4.74 Å². The maximum absolute atomic E-state index is 13.1. The molecule has 0 radical (unpaired) electrons. The lowest BCUT2D eigenvalue weighted by Gasteiger charge is -2.04. The number of hydrogen-bond donors (Lipinski definition) is 0. The van der Waals surface area contributed by atoms with Crippen LogP contribution in [0.2, 0.25) is 0 Å². The van der Waals surface area contributed by atoms with Gasteiger partial charge in [0.15, 0.2) is 15.5 Å². The van der Waals surface area contributed by atoms with Gasteiger partial charge in [-0.3, -0.25) is 0 Å². The number of para-hydroxylation sites is 1. The summed E-state index contributed by atoms with van der Waals surface area (Å²) in [6, 6.07) is 6.32. The Labute approximate surface area is 98.9 Å². The van der Waals surface area contributed by atoms with E-state index in [1.165, 1.54) is 17.4 Å². The van der Waals surface area contributed by atoms with Crippen molar-refractivity contribution in [1.82, 2.24) is 4.98 Å². The Morgan fingerprint density at radius 2 is 2.20 bits per heavy atom. The van der Waals surface area contributed by atoms with Crippen LogP contribution in [0, 0.1) is 5.82 Å². The van der Waals surface area contributed by atoms with Crippen LogP contribution in [0.1, 0.15) is 5.69 Å². The van der Waals surface area contributed by atoms with Crippen molar-refractivity contribution in [3.8, 4) is 5.75 Å². The molecule has 0 aliphatic carbocycles. The zero-order valence-corrected chi connectivity index (χ0v) is 10.0. The average molecular weight is 288 g/mol. The van der Waals surface area contributed by atoms with Crippen molar-refractivity contribution in [1.29, 1.82) is 0 Å². The van der Waals surface area contributed by atoms with Crippen molar-refractivity contribution in [3.05, 3.63) is 45.1 Å². The number of rotatable bonds is 3. The maximum atomic E-state index is 13.1. The van der Waals surface area contributed by atoms with Crippen LogP contribution in [0.15, 0.2) is 33.6 Å². The molecule has 2 rings (SSSR count). The Morgan fingerprint density at radius 1 is 1.40 bits per heavy atom. The highest BCUT2D eigenvalue weighted by Gasteiger charge is 2.03. The molecule has 2 aromatic rings. The molecule has 78 valence electrons. The van der Waals surface area contributed by atoms with Crippen LogP contribution in [0.5, 0.6) is 5.75 Å². The fourth-order valence-corrected chi connectivity index (χ4v) is 2.09. The first-order valence-electron chi connectivity index (χ1n) is 4.23. The Hall–Kier alpha value is -0.940. The van der Waals surface area contributed by atoms with Crippen LogP contribution >= 0.6 is 27.3 Å². The van der Waals surface area contributed by atoms with Gasteiger partial charge in [0.2, 0.25) is 0 Å². The van der Waals surface area contributed by atoms with Crippen molar-refractivity contribution in [2.24, 2.45) is 0 Å². The second-order valence-corrected chi connectivity index (χ2v) is 4.95. The quantitative estimate of drug-likeness (QED) is 0.860. The van der Waals surface area contributed by atoms with E-state index in [0.717, 1.165) is 9.61 Å². The number of aromatic nitrogens is 1. The molecule has 5 heteroatoms. The fourth-order valence-electron chi connectivity index (χ4n) is 1.06. The topological polar surface area (TPSA) is 22.1 Å². The number of nitrogens with zero attached hydrogens (tertiary/aromatic N) is 1. The monoisotopic (exact) mass is 287 g/mol. The lowest BCUT2D eigenvalue weighted by Crippen LogP contribution is -1.97. The van der Waals surface area contributed by atoms with Crippen LogP contribution in [0.25, 0.3) is 0 Å². The van der Waals surface area contributed by atoms with E-state index in [9.17, 15) is 4.39 Å². The normalized spacial score (nSPS) is 10.3. The lowest BCUT2D eigenvalue weighted by atomic mass is 10.3. The molecule has 0 spiro atoms. The van der Waals surface area contributed by atoms with Crippen molar-refractivity contribution >= 4 is 27.3 Å². The lowest BCUT2D eigenvalue weighted by molar-refractivity contribution is 0.286. The standard InChI is InChI=1S/C10H7BrFNOS/c11-10-13-7(6-15-10)5-14-9-4-2-1-3-8(9)12/h1-4,6H,5H2. The Bertz CT molecular complexity index is 460. The largest absolute Gasteiger partial charge is 0.484 e. The van der Waals surface area contributed by atoms with Crippen LogP contribution < -0.4 is 4.74 Å². The molecule has 0 atom stereocenters. The highest BCUT2D eigenvalue weighted by Crippen LogP contribution is 2.19. The van der Waals surface area contributed by atoms with Crippen molar-refractivity contribution < 1.29 is 9.13 Å². The van der Waals surface area contributed by atoms with Crippen molar-refractivity contribution in [2.75, 3.05) is 0 Å². The number of thiazole rings is 1. The van der Waals surface area contributed by atoms with Crippen LogP contribution in [0.3, 0.4) is 0 Å². The molecule has 1 aromatic heterocycles. The molecule has 0 unspecified atom stereocenters. The zero-order chi connectivity index (χ0) is 10.7. The van der Waals surface area contributed by atoms with E-state index in [1.807, 2.05) is 5.38 Å². The molecule has 0 fully saturated rings. The van der Waals surface area contributed by atoms with E-state index in [0.29, 0.717) is 0 Å². The van der Waals surface area contributed by atoms with E-state index in [2.05, 4.69) is 20.9 Å². The summed E-state index contributed by atoms with van der Waals surface area (Å²) in [5.74, 6) is -0.103. The molecule has 0 saturated heterocycles. The zero-order valence-electron chi connectivity index (χ0n) is 7.61. The summed E-state index contributed by atoms with van der Waals surface area (Å²) in [6.45, 7) is 0.281. The van der Waals surface area contributed by atoms with Gasteiger partial charge in [-0.05, 0) is 28.1 Å². The fraction of sp³-hybridized carbons (Fsp3) is 0.100. The Balaban J connectivity index is 2.02. The number of halogens is 2. The van der Waals surface area contributed by atoms with Gasteiger partial charge in [-0.2, -0.15) is 0 Å². The van der Waals surface area contributed by atoms with Crippen LogP contribution in [-0.4, -0.2) is 4.98 Å². The van der Waals surface area contributed by atoms with Crippen LogP contribution in [-0.2, 0) is 6.61 Å². The van der Waals surface area contributed by atoms with Gasteiger partial charge in [0.1, 0.15) is 6.61 Å². The second-order valence-electron chi connectivity index (χ2n) is 2.81. The van der Waals surface area contributed by atoms with Crippen molar-refractivity contribution in [2.45, 2.75) is 6.61 Å². The first-order chi connectivity index (χ1) is 7.25. The molecular weight excluding hydrogens is 281 g/mol. The van der Waals surface area contributed by atoms with E-state index in [-0.39, 0.29) is 18.2 Å². The average Bonchev–Trinajstić information content (AvgIpc) is 2.63. The van der Waals surface area contributed by atoms with E-state index in [1.54, 1.807) is 18.2 Å². The summed E-state index contributed by atoms with van der Waals surface area (Å²) in [5.41, 5.74) is 0.787. The molecule has 0 aliphatic heterocycles. The van der Waals surface area contributed by atoms with Gasteiger partial charge in [-0.25, -0.2) is 9.37 Å². The predicted molar refractivity (Wildman–Crippen MR) is 60.5 cm³/mol. The van der Waals surface area contributed by atoms with Gasteiger partial charge in [0.05, 0.1) is 5.69 Å². The minimum absolute atomic E-state index is 0.252. The van der Waals surface area contributed by atoms with Crippen LogP contribution in [0.4, 0.5) is 4.39 Å². The summed E-state index contributed by atoms with van der Waals surface area (Å²) in [5, 5.41) is 1.87. The molecule has 0 saturated carbocycles. The summed E-state index contributed by atoms with van der Waals surface area (Å²) >= 11 is 4.73. The summed E-state index contributed by atoms with van der Waals surface area (Å²) in [6.07, 6.45) is 0. The molecule has 0 aliphatic rings. The number of benzene rings is 1. The third-order valence-electron chi connectivity index (χ3n) is 1.74. The first kappa shape index (κ1) is 10.6. The van der Waals surface area contributed by atoms with E-state index >= 15 is 0 Å². The van der Waals surface area contributed by atoms with Gasteiger partial charge < -0.3 is 4.74 Å². The molecule has 1 heterocycles. The summed E-state index contributed by atoms with van der Waals surface area (Å²) < 4.78 is 19.2. The summed E-state index contributed by atoms with van der Waals surface area (Å²) in [4.78, 5) is 4.14. The highest BCUT2D eigenvalue weighted by atomic mass is 79.9. The highest BCUT2D eigenvalue weighted by molar-refractivity contribution is 9.11. The summed E-state index contributed by atoms with van der Waals surface area (Å²) in [7, 11) is 0. The van der Waals surface area contributed by atoms with Gasteiger partial charge in [0.25, 0.3) is 0 Å². The Morgan fingerprint density at radius 3 is 2.87 bits per heavy atom. The van der Waals surface area contributed by atoms with Gasteiger partial charge in [0, 0.05) is 5.38 Å². The number of hydrogen-bond acceptors (Lipinski definition) is 3. The Kier molecular flexibility index (Phi) is 3.33. The molecule has 2 nitrogen and oxygen atoms in total. The molecule has 0 bridgehead atoms. The molecule has 0 amide bonds. The minimum Gasteiger partial charge on any atom is -0.484 e. The minimum atomic E-state index is -0.355. The second kappa shape index (κ2) is 4.72. The number of ether oxygens (including phenoxy) is 1. The molecule has 15 heavy (non-hydrogen) atoms. The molecule has 0 N–H and O–H groups in total. The molecular formula is C10H7BrFNOS. The third kappa shape index (κ3) is 2.76. The molecule has 1 aromatic carbocycles. The predicted octanol–water partition coefficient (Wildman–Crippen LogP) is 3.62.